The summed E-state index contributed by atoms with van der Waals surface area (Å²) in [7, 11) is 1.89. The van der Waals surface area contributed by atoms with Gasteiger partial charge in [0.15, 0.2) is 0 Å². The van der Waals surface area contributed by atoms with E-state index in [9.17, 15) is 4.39 Å². The Balaban J connectivity index is 1.87. The summed E-state index contributed by atoms with van der Waals surface area (Å²) in [5.41, 5.74) is 2.76. The molecule has 0 aliphatic heterocycles. The van der Waals surface area contributed by atoms with E-state index in [0.717, 1.165) is 17.7 Å². The Bertz CT molecular complexity index is 505. The van der Waals surface area contributed by atoms with Crippen LogP contribution in [0.25, 0.3) is 0 Å². The lowest BCUT2D eigenvalue weighted by Gasteiger charge is -2.04. The van der Waals surface area contributed by atoms with Crippen molar-refractivity contribution in [3.05, 3.63) is 53.1 Å². The van der Waals surface area contributed by atoms with Crippen LogP contribution in [0.15, 0.2) is 30.6 Å². The van der Waals surface area contributed by atoms with E-state index in [1.54, 1.807) is 23.7 Å². The highest BCUT2D eigenvalue weighted by molar-refractivity contribution is 5.23. The summed E-state index contributed by atoms with van der Waals surface area (Å²) in [4.78, 5) is 0. The average Bonchev–Trinajstić information content (AvgIpc) is 2.70. The first kappa shape index (κ1) is 11.8. The summed E-state index contributed by atoms with van der Waals surface area (Å²) in [5, 5.41) is 7.34. The van der Waals surface area contributed by atoms with E-state index >= 15 is 0 Å². The Labute approximate surface area is 100 Å². The van der Waals surface area contributed by atoms with Gasteiger partial charge >= 0.3 is 0 Å². The fraction of sp³-hybridized carbons (Fsp3) is 0.308. The highest BCUT2D eigenvalue weighted by Crippen LogP contribution is 2.09. The summed E-state index contributed by atoms with van der Waals surface area (Å²) < 4.78 is 15.1. The average molecular weight is 233 g/mol. The van der Waals surface area contributed by atoms with Crippen LogP contribution in [0.4, 0.5) is 4.39 Å². The number of aryl methyl sites for hydroxylation is 2. The fourth-order valence-electron chi connectivity index (χ4n) is 1.66. The molecule has 1 N–H and O–H groups in total. The van der Waals surface area contributed by atoms with Crippen molar-refractivity contribution < 1.29 is 4.39 Å². The van der Waals surface area contributed by atoms with Crippen molar-refractivity contribution in [2.75, 3.05) is 0 Å². The first-order chi connectivity index (χ1) is 8.15. The molecule has 2 aromatic rings. The SMILES string of the molecule is Cc1ccc(CNCc2cnn(C)c2)cc1F. The van der Waals surface area contributed by atoms with Crippen LogP contribution in [-0.4, -0.2) is 9.78 Å². The van der Waals surface area contributed by atoms with Crippen LogP contribution in [-0.2, 0) is 20.1 Å². The van der Waals surface area contributed by atoms with E-state index in [4.69, 9.17) is 0 Å². The zero-order valence-electron chi connectivity index (χ0n) is 10.1. The molecule has 0 unspecified atom stereocenters. The number of aromatic nitrogens is 2. The van der Waals surface area contributed by atoms with E-state index < -0.39 is 0 Å². The second-order valence-electron chi connectivity index (χ2n) is 4.21. The van der Waals surface area contributed by atoms with Gasteiger partial charge in [0.05, 0.1) is 6.20 Å². The first-order valence-corrected chi connectivity index (χ1v) is 5.58. The quantitative estimate of drug-likeness (QED) is 0.877. The molecule has 1 aromatic heterocycles. The predicted molar refractivity (Wildman–Crippen MR) is 64.9 cm³/mol. The van der Waals surface area contributed by atoms with Gasteiger partial charge in [-0.25, -0.2) is 4.39 Å². The van der Waals surface area contributed by atoms with Crippen molar-refractivity contribution in [1.82, 2.24) is 15.1 Å². The lowest BCUT2D eigenvalue weighted by Crippen LogP contribution is -2.12. The molecular formula is C13H16FN3. The monoisotopic (exact) mass is 233 g/mol. The Morgan fingerprint density at radius 1 is 1.29 bits per heavy atom. The second-order valence-corrected chi connectivity index (χ2v) is 4.21. The molecule has 90 valence electrons. The van der Waals surface area contributed by atoms with E-state index in [0.29, 0.717) is 12.1 Å². The molecule has 0 aliphatic carbocycles. The maximum Gasteiger partial charge on any atom is 0.126 e. The second kappa shape index (κ2) is 5.10. The highest BCUT2D eigenvalue weighted by atomic mass is 19.1. The highest BCUT2D eigenvalue weighted by Gasteiger charge is 2.00. The maximum atomic E-state index is 13.3. The summed E-state index contributed by atoms with van der Waals surface area (Å²) in [6.45, 7) is 3.16. The van der Waals surface area contributed by atoms with Gasteiger partial charge in [-0.15, -0.1) is 0 Å². The Kier molecular flexibility index (Phi) is 3.54. The minimum atomic E-state index is -0.148. The minimum absolute atomic E-state index is 0.148. The van der Waals surface area contributed by atoms with Crippen molar-refractivity contribution in [2.24, 2.45) is 7.05 Å². The third-order valence-corrected chi connectivity index (χ3v) is 2.65. The van der Waals surface area contributed by atoms with Crippen molar-refractivity contribution in [3.8, 4) is 0 Å². The number of nitrogens with one attached hydrogen (secondary N) is 1. The lowest BCUT2D eigenvalue weighted by atomic mass is 10.1. The van der Waals surface area contributed by atoms with Gasteiger partial charge < -0.3 is 5.32 Å². The smallest absolute Gasteiger partial charge is 0.126 e. The number of rotatable bonds is 4. The molecular weight excluding hydrogens is 217 g/mol. The van der Waals surface area contributed by atoms with E-state index in [1.807, 2.05) is 25.5 Å². The van der Waals surface area contributed by atoms with E-state index in [1.165, 1.54) is 0 Å². The third kappa shape index (κ3) is 3.14. The Morgan fingerprint density at radius 2 is 2.06 bits per heavy atom. The van der Waals surface area contributed by atoms with Gasteiger partial charge in [0.1, 0.15) is 5.82 Å². The van der Waals surface area contributed by atoms with Gasteiger partial charge in [-0.1, -0.05) is 12.1 Å². The molecule has 1 heterocycles. The molecule has 0 spiro atoms. The van der Waals surface area contributed by atoms with Crippen LogP contribution < -0.4 is 5.32 Å². The van der Waals surface area contributed by atoms with Crippen molar-refractivity contribution in [3.63, 3.8) is 0 Å². The fourth-order valence-corrected chi connectivity index (χ4v) is 1.66. The molecule has 0 amide bonds. The molecule has 4 heteroatoms. The molecule has 0 saturated carbocycles. The maximum absolute atomic E-state index is 13.3. The number of nitrogens with zero attached hydrogens (tertiary/aromatic N) is 2. The van der Waals surface area contributed by atoms with Crippen LogP contribution in [0.5, 0.6) is 0 Å². The van der Waals surface area contributed by atoms with Crippen molar-refractivity contribution in [2.45, 2.75) is 20.0 Å². The molecule has 0 radical (unpaired) electrons. The summed E-state index contributed by atoms with van der Waals surface area (Å²) in [5.74, 6) is -0.148. The van der Waals surface area contributed by atoms with Crippen molar-refractivity contribution in [1.29, 1.82) is 0 Å². The van der Waals surface area contributed by atoms with Crippen LogP contribution in [0.1, 0.15) is 16.7 Å². The van der Waals surface area contributed by atoms with Gasteiger partial charge in [0.2, 0.25) is 0 Å². The molecule has 0 saturated heterocycles. The van der Waals surface area contributed by atoms with E-state index in [2.05, 4.69) is 10.4 Å². The molecule has 3 nitrogen and oxygen atoms in total. The van der Waals surface area contributed by atoms with Gasteiger partial charge in [-0.05, 0) is 24.1 Å². The number of halogens is 1. The molecule has 0 bridgehead atoms. The first-order valence-electron chi connectivity index (χ1n) is 5.58. The summed E-state index contributed by atoms with van der Waals surface area (Å²) in [6.07, 6.45) is 3.78. The normalized spacial score (nSPS) is 10.8. The Hall–Kier alpha value is -1.68. The molecule has 0 atom stereocenters. The zero-order chi connectivity index (χ0) is 12.3. The van der Waals surface area contributed by atoms with Gasteiger partial charge in [0, 0.05) is 31.9 Å². The lowest BCUT2D eigenvalue weighted by molar-refractivity contribution is 0.611. The number of hydrogen-bond donors (Lipinski definition) is 1. The number of benzene rings is 1. The van der Waals surface area contributed by atoms with Crippen LogP contribution >= 0.6 is 0 Å². The van der Waals surface area contributed by atoms with Gasteiger partial charge in [-0.2, -0.15) is 5.10 Å². The molecule has 0 aliphatic rings. The third-order valence-electron chi connectivity index (χ3n) is 2.65. The molecule has 0 fully saturated rings. The Morgan fingerprint density at radius 3 is 2.71 bits per heavy atom. The number of hydrogen-bond acceptors (Lipinski definition) is 2. The topological polar surface area (TPSA) is 29.9 Å². The standard InChI is InChI=1S/C13H16FN3/c1-10-3-4-11(5-13(10)14)6-15-7-12-8-16-17(2)9-12/h3-5,8-9,15H,6-7H2,1-2H3. The zero-order valence-corrected chi connectivity index (χ0v) is 10.1. The van der Waals surface area contributed by atoms with Gasteiger partial charge in [0.25, 0.3) is 0 Å². The van der Waals surface area contributed by atoms with E-state index in [-0.39, 0.29) is 5.82 Å². The van der Waals surface area contributed by atoms with Crippen LogP contribution in [0, 0.1) is 12.7 Å². The van der Waals surface area contributed by atoms with Crippen LogP contribution in [0.3, 0.4) is 0 Å². The minimum Gasteiger partial charge on any atom is -0.309 e. The molecule has 17 heavy (non-hydrogen) atoms. The summed E-state index contributed by atoms with van der Waals surface area (Å²) in [6, 6.07) is 5.32. The predicted octanol–water partition coefficient (Wildman–Crippen LogP) is 2.16. The molecule has 2 rings (SSSR count). The molecule has 1 aromatic carbocycles. The summed E-state index contributed by atoms with van der Waals surface area (Å²) >= 11 is 0. The van der Waals surface area contributed by atoms with Gasteiger partial charge in [-0.3, -0.25) is 4.68 Å². The van der Waals surface area contributed by atoms with Crippen molar-refractivity contribution >= 4 is 0 Å². The van der Waals surface area contributed by atoms with Crippen LogP contribution in [0.2, 0.25) is 0 Å². The largest absolute Gasteiger partial charge is 0.309 e.